The largest absolute Gasteiger partial charge is 0.416 e. The van der Waals surface area contributed by atoms with Crippen molar-refractivity contribution in [2.24, 2.45) is 0 Å². The molecule has 9 heteroatoms. The van der Waals surface area contributed by atoms with Crippen molar-refractivity contribution in [1.29, 1.82) is 0 Å². The fraction of sp³-hybridized carbons (Fsp3) is 0.148. The number of alkyl halides is 3. The average Bonchev–Trinajstić information content (AvgIpc) is 3.23. The van der Waals surface area contributed by atoms with Crippen LogP contribution >= 0.6 is 11.6 Å². The van der Waals surface area contributed by atoms with Crippen LogP contribution in [-0.4, -0.2) is 19.4 Å². The van der Waals surface area contributed by atoms with Gasteiger partial charge in [-0.3, -0.25) is 4.79 Å². The van der Waals surface area contributed by atoms with Crippen LogP contribution in [-0.2, 0) is 12.7 Å². The maximum Gasteiger partial charge on any atom is 0.416 e. The lowest BCUT2D eigenvalue weighted by Crippen LogP contribution is -2.29. The smallest absolute Gasteiger partial charge is 0.267 e. The summed E-state index contributed by atoms with van der Waals surface area (Å²) in [6, 6.07) is 19.5. The Morgan fingerprint density at radius 1 is 0.806 bits per heavy atom. The zero-order chi connectivity index (χ0) is 25.6. The average molecular weight is 509 g/mol. The van der Waals surface area contributed by atoms with Gasteiger partial charge in [0, 0.05) is 10.6 Å². The normalized spacial score (nSPS) is 11.8. The quantitative estimate of drug-likeness (QED) is 0.276. The number of rotatable bonds is 4. The van der Waals surface area contributed by atoms with Gasteiger partial charge in [0.15, 0.2) is 5.65 Å². The van der Waals surface area contributed by atoms with Crippen LogP contribution in [0.3, 0.4) is 0 Å². The van der Waals surface area contributed by atoms with E-state index in [1.807, 2.05) is 31.2 Å². The van der Waals surface area contributed by atoms with E-state index in [1.54, 1.807) is 35.7 Å². The van der Waals surface area contributed by atoms with E-state index in [0.717, 1.165) is 23.3 Å². The Labute approximate surface area is 209 Å². The summed E-state index contributed by atoms with van der Waals surface area (Å²) >= 11 is 6.11. The second-order valence-electron chi connectivity index (χ2n) is 8.56. The van der Waals surface area contributed by atoms with E-state index >= 15 is 0 Å². The van der Waals surface area contributed by atoms with E-state index < -0.39 is 11.7 Å². The van der Waals surface area contributed by atoms with Crippen LogP contribution < -0.4 is 5.56 Å². The molecule has 0 bridgehead atoms. The van der Waals surface area contributed by atoms with E-state index in [2.05, 4.69) is 10.2 Å². The Kier molecular flexibility index (Phi) is 5.92. The Morgan fingerprint density at radius 3 is 2.00 bits per heavy atom. The minimum absolute atomic E-state index is 0.0289. The molecule has 182 valence electrons. The van der Waals surface area contributed by atoms with Gasteiger partial charge in [0.1, 0.15) is 5.82 Å². The molecular weight excluding hydrogens is 489 g/mol. The number of benzene rings is 3. The first-order valence-corrected chi connectivity index (χ1v) is 11.5. The van der Waals surface area contributed by atoms with E-state index in [9.17, 15) is 18.0 Å². The number of aryl methyl sites for hydroxylation is 2. The summed E-state index contributed by atoms with van der Waals surface area (Å²) in [6.45, 7) is 3.73. The van der Waals surface area contributed by atoms with Crippen LogP contribution in [0.1, 0.15) is 22.5 Å². The van der Waals surface area contributed by atoms with Gasteiger partial charge >= 0.3 is 6.18 Å². The first-order valence-electron chi connectivity index (χ1n) is 11.1. The van der Waals surface area contributed by atoms with Crippen molar-refractivity contribution in [2.45, 2.75) is 26.6 Å². The summed E-state index contributed by atoms with van der Waals surface area (Å²) in [5.41, 5.74) is 3.44. The molecule has 0 atom stereocenters. The first kappa shape index (κ1) is 23.8. The Balaban J connectivity index is 1.78. The molecule has 5 nitrogen and oxygen atoms in total. The van der Waals surface area contributed by atoms with Gasteiger partial charge in [0.2, 0.25) is 0 Å². The highest BCUT2D eigenvalue weighted by atomic mass is 35.5. The number of hydrogen-bond donors (Lipinski definition) is 0. The molecule has 0 N–H and O–H groups in total. The molecule has 0 saturated heterocycles. The topological polar surface area (TPSA) is 52.2 Å². The molecule has 36 heavy (non-hydrogen) atoms. The third-order valence-corrected chi connectivity index (χ3v) is 6.30. The molecule has 2 heterocycles. The zero-order valence-electron chi connectivity index (χ0n) is 19.3. The first-order chi connectivity index (χ1) is 17.1. The van der Waals surface area contributed by atoms with Crippen LogP contribution in [0, 0.1) is 13.8 Å². The lowest BCUT2D eigenvalue weighted by atomic mass is 9.96. The second kappa shape index (κ2) is 8.95. The highest BCUT2D eigenvalue weighted by molar-refractivity contribution is 6.30. The standard InChI is InChI=1S/C27H20ClF3N4O/c1-16-3-7-19(8-4-16)23-24(20-9-13-22(28)14-10-20)26(36)34(35-17(2)32-33-25(23)35)15-18-5-11-21(12-6-18)27(29,30)31/h3-14H,15H2,1-2H3. The van der Waals surface area contributed by atoms with Crippen LogP contribution in [0.4, 0.5) is 13.2 Å². The Bertz CT molecular complexity index is 1620. The number of halogens is 4. The molecular formula is C27H20ClF3N4O. The van der Waals surface area contributed by atoms with E-state index in [4.69, 9.17) is 11.6 Å². The summed E-state index contributed by atoms with van der Waals surface area (Å²) in [5, 5.41) is 9.14. The van der Waals surface area contributed by atoms with E-state index in [0.29, 0.717) is 38.7 Å². The monoisotopic (exact) mass is 508 g/mol. The maximum absolute atomic E-state index is 14.1. The molecule has 0 spiro atoms. The lowest BCUT2D eigenvalue weighted by Gasteiger charge is -2.18. The number of fused-ring (bicyclic) bond motifs is 1. The third kappa shape index (κ3) is 4.28. The van der Waals surface area contributed by atoms with Crippen LogP contribution in [0.25, 0.3) is 27.9 Å². The predicted octanol–water partition coefficient (Wildman–Crippen LogP) is 6.56. The second-order valence-corrected chi connectivity index (χ2v) is 9.00. The van der Waals surface area contributed by atoms with Crippen molar-refractivity contribution < 1.29 is 13.2 Å². The third-order valence-electron chi connectivity index (χ3n) is 6.05. The number of hydrogen-bond acceptors (Lipinski definition) is 3. The molecule has 0 unspecified atom stereocenters. The van der Waals surface area contributed by atoms with Crippen LogP contribution in [0.5, 0.6) is 0 Å². The van der Waals surface area contributed by atoms with Gasteiger partial charge in [0.25, 0.3) is 5.56 Å². The molecule has 0 aliphatic rings. The summed E-state index contributed by atoms with van der Waals surface area (Å²) in [6.07, 6.45) is -4.44. The van der Waals surface area contributed by atoms with Crippen molar-refractivity contribution >= 4 is 17.2 Å². The molecule has 0 radical (unpaired) electrons. The fourth-order valence-electron chi connectivity index (χ4n) is 4.23. The highest BCUT2D eigenvalue weighted by Gasteiger charge is 2.30. The SMILES string of the molecule is Cc1ccc(-c2c(-c3ccc(Cl)cc3)c(=O)n(Cc3ccc(C(F)(F)F)cc3)n3c(C)nnc23)cc1. The van der Waals surface area contributed by atoms with Crippen molar-refractivity contribution in [1.82, 2.24) is 19.4 Å². The van der Waals surface area contributed by atoms with E-state index in [-0.39, 0.29) is 12.1 Å². The molecule has 0 saturated carbocycles. The molecule has 3 aromatic carbocycles. The molecule has 0 amide bonds. The minimum atomic E-state index is -4.44. The molecule has 0 aliphatic carbocycles. The Hall–Kier alpha value is -3.91. The fourth-order valence-corrected chi connectivity index (χ4v) is 4.36. The molecule has 5 rings (SSSR count). The van der Waals surface area contributed by atoms with Gasteiger partial charge in [-0.05, 0) is 54.8 Å². The van der Waals surface area contributed by atoms with Gasteiger partial charge in [0.05, 0.1) is 17.7 Å². The van der Waals surface area contributed by atoms with Gasteiger partial charge < -0.3 is 0 Å². The molecule has 0 fully saturated rings. The van der Waals surface area contributed by atoms with E-state index in [1.165, 1.54) is 16.8 Å². The summed E-state index contributed by atoms with van der Waals surface area (Å²) in [5.74, 6) is 0.477. The van der Waals surface area contributed by atoms with Gasteiger partial charge in [-0.15, -0.1) is 10.2 Å². The molecule has 2 aromatic heterocycles. The summed E-state index contributed by atoms with van der Waals surface area (Å²) < 4.78 is 42.2. The van der Waals surface area contributed by atoms with Crippen molar-refractivity contribution in [3.63, 3.8) is 0 Å². The molecule has 0 aliphatic heterocycles. The maximum atomic E-state index is 14.1. The van der Waals surface area contributed by atoms with Gasteiger partial charge in [-0.25, -0.2) is 9.20 Å². The van der Waals surface area contributed by atoms with Crippen LogP contribution in [0.2, 0.25) is 5.02 Å². The predicted molar refractivity (Wildman–Crippen MR) is 133 cm³/mol. The van der Waals surface area contributed by atoms with Gasteiger partial charge in [-0.1, -0.05) is 65.7 Å². The summed E-state index contributed by atoms with van der Waals surface area (Å²) in [4.78, 5) is 14.1. The minimum Gasteiger partial charge on any atom is -0.267 e. The van der Waals surface area contributed by atoms with Crippen LogP contribution in [0.15, 0.2) is 77.6 Å². The molecule has 5 aromatic rings. The number of nitrogens with zero attached hydrogens (tertiary/aromatic N) is 4. The highest BCUT2D eigenvalue weighted by Crippen LogP contribution is 2.34. The summed E-state index contributed by atoms with van der Waals surface area (Å²) in [7, 11) is 0. The number of aromatic nitrogens is 4. The van der Waals surface area contributed by atoms with Crippen molar-refractivity contribution in [3.8, 4) is 22.3 Å². The van der Waals surface area contributed by atoms with Crippen molar-refractivity contribution in [2.75, 3.05) is 0 Å². The lowest BCUT2D eigenvalue weighted by molar-refractivity contribution is -0.137. The van der Waals surface area contributed by atoms with Gasteiger partial charge in [-0.2, -0.15) is 13.2 Å². The zero-order valence-corrected chi connectivity index (χ0v) is 20.1. The Morgan fingerprint density at radius 2 is 1.39 bits per heavy atom. The van der Waals surface area contributed by atoms with Crippen molar-refractivity contribution in [3.05, 3.63) is 111 Å².